The molecule has 2 N–H and O–H groups in total. The molecular formula is C11H24N2O. The summed E-state index contributed by atoms with van der Waals surface area (Å²) in [6.07, 6.45) is 2.93. The smallest absolute Gasteiger partial charge is 0.0700 e. The normalized spacial score (nSPS) is 22.1. The zero-order valence-electron chi connectivity index (χ0n) is 9.51. The lowest BCUT2D eigenvalue weighted by atomic mass is 10.2. The third kappa shape index (κ3) is 5.58. The molecule has 0 aromatic heterocycles. The van der Waals surface area contributed by atoms with Crippen molar-refractivity contribution in [1.29, 1.82) is 0 Å². The van der Waals surface area contributed by atoms with Crippen LogP contribution in [0.4, 0.5) is 0 Å². The van der Waals surface area contributed by atoms with Crippen LogP contribution in [0.15, 0.2) is 0 Å². The summed E-state index contributed by atoms with van der Waals surface area (Å²) >= 11 is 0. The Hall–Kier alpha value is -0.120. The highest BCUT2D eigenvalue weighted by Crippen LogP contribution is 2.10. The van der Waals surface area contributed by atoms with E-state index in [0.717, 1.165) is 38.7 Å². The molecule has 0 aromatic carbocycles. The molecule has 0 saturated carbocycles. The molecule has 3 nitrogen and oxygen atoms in total. The summed E-state index contributed by atoms with van der Waals surface area (Å²) < 4.78 is 5.51. The Morgan fingerprint density at radius 1 is 1.29 bits per heavy atom. The maximum absolute atomic E-state index is 5.51. The van der Waals surface area contributed by atoms with Crippen LogP contribution in [0.5, 0.6) is 0 Å². The van der Waals surface area contributed by atoms with E-state index in [1.54, 1.807) is 0 Å². The topological polar surface area (TPSA) is 33.3 Å². The number of ether oxygens (including phenoxy) is 1. The molecule has 0 radical (unpaired) electrons. The summed E-state index contributed by atoms with van der Waals surface area (Å²) in [5.74, 6) is 0.744. The molecule has 0 amide bonds. The molecule has 1 saturated heterocycles. The molecule has 1 rings (SSSR count). The first-order chi connectivity index (χ1) is 6.79. The van der Waals surface area contributed by atoms with Crippen LogP contribution in [-0.4, -0.2) is 38.9 Å². The summed E-state index contributed by atoms with van der Waals surface area (Å²) in [6, 6.07) is 0. The molecule has 1 atom stereocenters. The highest BCUT2D eigenvalue weighted by Gasteiger charge is 2.13. The van der Waals surface area contributed by atoms with Gasteiger partial charge in [-0.15, -0.1) is 0 Å². The Morgan fingerprint density at radius 2 is 2.07 bits per heavy atom. The number of nitrogens with one attached hydrogen (secondary N) is 2. The van der Waals surface area contributed by atoms with Crippen LogP contribution in [-0.2, 0) is 4.74 Å². The molecule has 0 aromatic rings. The van der Waals surface area contributed by atoms with Crippen LogP contribution in [0.2, 0.25) is 0 Å². The summed E-state index contributed by atoms with van der Waals surface area (Å²) in [5.41, 5.74) is 0. The lowest BCUT2D eigenvalue weighted by molar-refractivity contribution is 0.110. The van der Waals surface area contributed by atoms with Crippen molar-refractivity contribution in [2.24, 2.45) is 5.92 Å². The van der Waals surface area contributed by atoms with Gasteiger partial charge in [0.25, 0.3) is 0 Å². The standard InChI is InChI=1S/C11H24N2O/c1-10(2)8-12-5-6-13-9-11-4-3-7-14-11/h10-13H,3-9H2,1-2H3/t11-/m1/s1. The molecule has 1 aliphatic heterocycles. The van der Waals surface area contributed by atoms with Crippen molar-refractivity contribution < 1.29 is 4.74 Å². The minimum absolute atomic E-state index is 0.472. The first-order valence-corrected chi connectivity index (χ1v) is 5.82. The lowest BCUT2D eigenvalue weighted by Gasteiger charge is -2.11. The van der Waals surface area contributed by atoms with E-state index >= 15 is 0 Å². The minimum Gasteiger partial charge on any atom is -0.377 e. The molecule has 0 spiro atoms. The van der Waals surface area contributed by atoms with Crippen molar-refractivity contribution in [1.82, 2.24) is 10.6 Å². The summed E-state index contributed by atoms with van der Waals surface area (Å²) in [6.45, 7) is 9.65. The average molecular weight is 200 g/mol. The van der Waals surface area contributed by atoms with E-state index in [2.05, 4.69) is 24.5 Å². The Labute approximate surface area is 87.6 Å². The molecule has 1 fully saturated rings. The summed E-state index contributed by atoms with van der Waals surface area (Å²) in [7, 11) is 0. The zero-order valence-corrected chi connectivity index (χ0v) is 9.51. The van der Waals surface area contributed by atoms with Crippen LogP contribution >= 0.6 is 0 Å². The monoisotopic (exact) mass is 200 g/mol. The molecule has 3 heteroatoms. The van der Waals surface area contributed by atoms with Crippen molar-refractivity contribution in [3.63, 3.8) is 0 Å². The van der Waals surface area contributed by atoms with Crippen LogP contribution in [0.3, 0.4) is 0 Å². The van der Waals surface area contributed by atoms with Crippen LogP contribution < -0.4 is 10.6 Å². The van der Waals surface area contributed by atoms with Crippen molar-refractivity contribution in [2.75, 3.05) is 32.8 Å². The fraction of sp³-hybridized carbons (Fsp3) is 1.00. The fourth-order valence-electron chi connectivity index (χ4n) is 1.64. The van der Waals surface area contributed by atoms with E-state index < -0.39 is 0 Å². The molecular weight excluding hydrogens is 176 g/mol. The highest BCUT2D eigenvalue weighted by atomic mass is 16.5. The van der Waals surface area contributed by atoms with E-state index in [0.29, 0.717) is 6.10 Å². The van der Waals surface area contributed by atoms with Gasteiger partial charge in [-0.1, -0.05) is 13.8 Å². The molecule has 1 heterocycles. The molecule has 1 aliphatic rings. The largest absolute Gasteiger partial charge is 0.377 e. The molecule has 0 bridgehead atoms. The van der Waals surface area contributed by atoms with Gasteiger partial charge in [-0.25, -0.2) is 0 Å². The van der Waals surface area contributed by atoms with Gasteiger partial charge >= 0.3 is 0 Å². The predicted octanol–water partition coefficient (Wildman–Crippen LogP) is 1.00. The average Bonchev–Trinajstić information content (AvgIpc) is 2.63. The van der Waals surface area contributed by atoms with Crippen molar-refractivity contribution >= 4 is 0 Å². The third-order valence-electron chi connectivity index (χ3n) is 2.43. The summed E-state index contributed by atoms with van der Waals surface area (Å²) in [5, 5.41) is 6.82. The SMILES string of the molecule is CC(C)CNCCNC[C@H]1CCCO1. The van der Waals surface area contributed by atoms with Crippen LogP contribution in [0.1, 0.15) is 26.7 Å². The van der Waals surface area contributed by atoms with Gasteiger partial charge < -0.3 is 15.4 Å². The number of rotatable bonds is 7. The van der Waals surface area contributed by atoms with Gasteiger partial charge in [0.2, 0.25) is 0 Å². The second-order valence-electron chi connectivity index (χ2n) is 4.44. The molecule has 14 heavy (non-hydrogen) atoms. The molecule has 84 valence electrons. The first kappa shape index (κ1) is 12.0. The van der Waals surface area contributed by atoms with Gasteiger partial charge in [-0.3, -0.25) is 0 Å². The van der Waals surface area contributed by atoms with Crippen LogP contribution in [0, 0.1) is 5.92 Å². The number of hydrogen-bond donors (Lipinski definition) is 2. The van der Waals surface area contributed by atoms with Crippen molar-refractivity contribution in [3.8, 4) is 0 Å². The van der Waals surface area contributed by atoms with Gasteiger partial charge in [0.15, 0.2) is 0 Å². The zero-order chi connectivity index (χ0) is 10.2. The van der Waals surface area contributed by atoms with Gasteiger partial charge in [0, 0.05) is 26.2 Å². The second kappa shape index (κ2) is 7.21. The Kier molecular flexibility index (Phi) is 6.15. The Morgan fingerprint density at radius 3 is 2.71 bits per heavy atom. The van der Waals surface area contributed by atoms with E-state index in [1.165, 1.54) is 12.8 Å². The molecule has 0 aliphatic carbocycles. The van der Waals surface area contributed by atoms with Gasteiger partial charge in [0.1, 0.15) is 0 Å². The number of hydrogen-bond acceptors (Lipinski definition) is 3. The maximum atomic E-state index is 5.51. The quantitative estimate of drug-likeness (QED) is 0.602. The Bertz CT molecular complexity index is 133. The predicted molar refractivity (Wildman–Crippen MR) is 59.6 cm³/mol. The maximum Gasteiger partial charge on any atom is 0.0700 e. The van der Waals surface area contributed by atoms with E-state index in [1.807, 2.05) is 0 Å². The first-order valence-electron chi connectivity index (χ1n) is 5.82. The highest BCUT2D eigenvalue weighted by molar-refractivity contribution is 4.67. The minimum atomic E-state index is 0.472. The van der Waals surface area contributed by atoms with Gasteiger partial charge in [-0.05, 0) is 25.3 Å². The fourth-order valence-corrected chi connectivity index (χ4v) is 1.64. The van der Waals surface area contributed by atoms with Crippen molar-refractivity contribution in [3.05, 3.63) is 0 Å². The van der Waals surface area contributed by atoms with E-state index in [9.17, 15) is 0 Å². The van der Waals surface area contributed by atoms with E-state index in [4.69, 9.17) is 4.74 Å². The van der Waals surface area contributed by atoms with Gasteiger partial charge in [0.05, 0.1) is 6.10 Å². The second-order valence-corrected chi connectivity index (χ2v) is 4.44. The third-order valence-corrected chi connectivity index (χ3v) is 2.43. The molecule has 0 unspecified atom stereocenters. The van der Waals surface area contributed by atoms with E-state index in [-0.39, 0.29) is 0 Å². The summed E-state index contributed by atoms with van der Waals surface area (Å²) in [4.78, 5) is 0. The van der Waals surface area contributed by atoms with Crippen LogP contribution in [0.25, 0.3) is 0 Å². The Balaban J connectivity index is 1.79. The lowest BCUT2D eigenvalue weighted by Crippen LogP contribution is -2.33. The van der Waals surface area contributed by atoms with Crippen molar-refractivity contribution in [2.45, 2.75) is 32.8 Å². The van der Waals surface area contributed by atoms with Gasteiger partial charge in [-0.2, -0.15) is 0 Å².